The number of benzene rings is 1. The van der Waals surface area contributed by atoms with Crippen LogP contribution < -0.4 is 4.74 Å². The summed E-state index contributed by atoms with van der Waals surface area (Å²) in [6.07, 6.45) is -0.0632. The van der Waals surface area contributed by atoms with Crippen molar-refractivity contribution in [2.75, 3.05) is 0 Å². The Labute approximate surface area is 161 Å². The Morgan fingerprint density at radius 2 is 2.04 bits per heavy atom. The number of carboxylic acid groups (broad SMARTS) is 1. The van der Waals surface area contributed by atoms with Gasteiger partial charge in [0, 0.05) is 21.0 Å². The third-order valence-corrected chi connectivity index (χ3v) is 5.77. The zero-order valence-corrected chi connectivity index (χ0v) is 15.5. The summed E-state index contributed by atoms with van der Waals surface area (Å²) in [4.78, 5) is 12.1. The van der Waals surface area contributed by atoms with Gasteiger partial charge in [0.2, 0.25) is 5.88 Å². The van der Waals surface area contributed by atoms with Gasteiger partial charge in [-0.15, -0.1) is 16.4 Å². The number of rotatable bonds is 2. The molecule has 0 aliphatic heterocycles. The van der Waals surface area contributed by atoms with Crippen molar-refractivity contribution in [2.24, 2.45) is 0 Å². The standard InChI is InChI=1S/C16H9Cl3N2O3S/c17-7-1-3-11(10(18)5-7)21-14-8(15(20-21)24-16(22)23)2-4-12-9(14)6-13(19)25-12/h1,3,5-6H,2,4H2,(H,22,23). The number of aromatic nitrogens is 2. The SMILES string of the molecule is O=C(O)Oc1nn(-c2ccc(Cl)cc2Cl)c2c1CCc1sc(Cl)cc1-2. The lowest BCUT2D eigenvalue weighted by atomic mass is 9.96. The average Bonchev–Trinajstić information content (AvgIpc) is 3.06. The maximum absolute atomic E-state index is 11.0. The first-order chi connectivity index (χ1) is 11.9. The number of nitrogens with zero attached hydrogens (tertiary/aromatic N) is 2. The highest BCUT2D eigenvalue weighted by Crippen LogP contribution is 2.45. The summed E-state index contributed by atoms with van der Waals surface area (Å²) >= 11 is 20.0. The average molecular weight is 416 g/mol. The highest BCUT2D eigenvalue weighted by atomic mass is 35.5. The Morgan fingerprint density at radius 3 is 2.76 bits per heavy atom. The normalized spacial score (nSPS) is 12.6. The summed E-state index contributed by atoms with van der Waals surface area (Å²) in [5.41, 5.74) is 2.95. The van der Waals surface area contributed by atoms with Gasteiger partial charge in [-0.25, -0.2) is 9.48 Å². The molecule has 0 saturated carbocycles. The van der Waals surface area contributed by atoms with Crippen molar-refractivity contribution in [3.05, 3.63) is 49.1 Å². The fraction of sp³-hybridized carbons (Fsp3) is 0.125. The van der Waals surface area contributed by atoms with E-state index in [4.69, 9.17) is 44.6 Å². The topological polar surface area (TPSA) is 64.3 Å². The summed E-state index contributed by atoms with van der Waals surface area (Å²) in [7, 11) is 0. The van der Waals surface area contributed by atoms with Crippen molar-refractivity contribution < 1.29 is 14.6 Å². The van der Waals surface area contributed by atoms with Crippen LogP contribution >= 0.6 is 46.1 Å². The van der Waals surface area contributed by atoms with E-state index in [2.05, 4.69) is 5.10 Å². The molecule has 0 unspecified atom stereocenters. The minimum Gasteiger partial charge on any atom is -0.449 e. The number of hydrogen-bond acceptors (Lipinski definition) is 4. The molecule has 0 amide bonds. The molecule has 1 aromatic carbocycles. The molecule has 4 rings (SSSR count). The lowest BCUT2D eigenvalue weighted by Gasteiger charge is -2.15. The predicted octanol–water partition coefficient (Wildman–Crippen LogP) is 5.72. The van der Waals surface area contributed by atoms with Gasteiger partial charge in [-0.1, -0.05) is 34.8 Å². The van der Waals surface area contributed by atoms with Gasteiger partial charge in [0.05, 0.1) is 20.7 Å². The van der Waals surface area contributed by atoms with E-state index in [1.807, 2.05) is 6.07 Å². The summed E-state index contributed by atoms with van der Waals surface area (Å²) in [6.45, 7) is 0. The second-order valence-electron chi connectivity index (χ2n) is 5.40. The third kappa shape index (κ3) is 2.89. The van der Waals surface area contributed by atoms with Crippen LogP contribution in [0.1, 0.15) is 10.4 Å². The first-order valence-electron chi connectivity index (χ1n) is 7.20. The summed E-state index contributed by atoms with van der Waals surface area (Å²) in [5.74, 6) is 0.0569. The number of aryl methyl sites for hydroxylation is 1. The molecule has 0 fully saturated rings. The Hall–Kier alpha value is -1.73. The quantitative estimate of drug-likeness (QED) is 0.544. The van der Waals surface area contributed by atoms with Crippen molar-refractivity contribution in [2.45, 2.75) is 12.8 Å². The fourth-order valence-electron chi connectivity index (χ4n) is 2.95. The molecule has 9 heteroatoms. The van der Waals surface area contributed by atoms with Crippen molar-refractivity contribution in [3.8, 4) is 22.8 Å². The molecular formula is C16H9Cl3N2O3S. The van der Waals surface area contributed by atoms with Crippen LogP contribution in [0.4, 0.5) is 4.79 Å². The zero-order chi connectivity index (χ0) is 17.7. The molecule has 128 valence electrons. The van der Waals surface area contributed by atoms with Crippen LogP contribution in [0, 0.1) is 0 Å². The smallest absolute Gasteiger partial charge is 0.449 e. The summed E-state index contributed by atoms with van der Waals surface area (Å²) in [5, 5.41) is 14.2. The summed E-state index contributed by atoms with van der Waals surface area (Å²) < 4.78 is 7.14. The molecule has 0 bridgehead atoms. The Kier molecular flexibility index (Phi) is 4.16. The monoisotopic (exact) mass is 414 g/mol. The van der Waals surface area contributed by atoms with E-state index in [0.717, 1.165) is 28.1 Å². The van der Waals surface area contributed by atoms with E-state index in [1.54, 1.807) is 22.9 Å². The van der Waals surface area contributed by atoms with Crippen molar-refractivity contribution >= 4 is 52.3 Å². The molecule has 25 heavy (non-hydrogen) atoms. The minimum atomic E-state index is -1.41. The number of halogens is 3. The van der Waals surface area contributed by atoms with Crippen LogP contribution in [0.15, 0.2) is 24.3 Å². The van der Waals surface area contributed by atoms with Crippen LogP contribution in [-0.2, 0) is 12.8 Å². The molecule has 0 radical (unpaired) electrons. The van der Waals surface area contributed by atoms with Crippen LogP contribution in [0.25, 0.3) is 16.9 Å². The zero-order valence-electron chi connectivity index (χ0n) is 12.4. The molecule has 0 saturated heterocycles. The predicted molar refractivity (Wildman–Crippen MR) is 98.0 cm³/mol. The minimum absolute atomic E-state index is 0.0569. The van der Waals surface area contributed by atoms with Gasteiger partial charge in [0.1, 0.15) is 0 Å². The van der Waals surface area contributed by atoms with Gasteiger partial charge in [0.25, 0.3) is 0 Å². The number of thiophene rings is 1. The van der Waals surface area contributed by atoms with Gasteiger partial charge < -0.3 is 9.84 Å². The molecular weight excluding hydrogens is 407 g/mol. The first kappa shape index (κ1) is 16.7. The van der Waals surface area contributed by atoms with Crippen LogP contribution in [-0.4, -0.2) is 21.0 Å². The van der Waals surface area contributed by atoms with E-state index < -0.39 is 6.16 Å². The second-order valence-corrected chi connectivity index (χ2v) is 8.01. The number of hydrogen-bond donors (Lipinski definition) is 1. The van der Waals surface area contributed by atoms with Crippen LogP contribution in [0.3, 0.4) is 0 Å². The molecule has 1 N–H and O–H groups in total. The highest BCUT2D eigenvalue weighted by molar-refractivity contribution is 7.16. The number of fused-ring (bicyclic) bond motifs is 3. The molecule has 3 aromatic rings. The van der Waals surface area contributed by atoms with E-state index in [1.165, 1.54) is 11.3 Å². The first-order valence-corrected chi connectivity index (χ1v) is 9.15. The van der Waals surface area contributed by atoms with Gasteiger partial charge in [0.15, 0.2) is 0 Å². The maximum atomic E-state index is 11.0. The number of carbonyl (C=O) groups is 1. The van der Waals surface area contributed by atoms with Gasteiger partial charge in [-0.3, -0.25) is 0 Å². The fourth-order valence-corrected chi connectivity index (χ4v) is 4.70. The lowest BCUT2D eigenvalue weighted by Crippen LogP contribution is -2.07. The van der Waals surface area contributed by atoms with Gasteiger partial charge >= 0.3 is 6.16 Å². The van der Waals surface area contributed by atoms with Crippen LogP contribution in [0.2, 0.25) is 14.4 Å². The molecule has 2 aromatic heterocycles. The molecule has 0 spiro atoms. The highest BCUT2D eigenvalue weighted by Gasteiger charge is 2.30. The Balaban J connectivity index is 1.99. The molecule has 5 nitrogen and oxygen atoms in total. The second kappa shape index (κ2) is 6.21. The van der Waals surface area contributed by atoms with Gasteiger partial charge in [-0.05, 0) is 37.1 Å². The van der Waals surface area contributed by atoms with E-state index in [0.29, 0.717) is 26.5 Å². The van der Waals surface area contributed by atoms with E-state index in [-0.39, 0.29) is 5.88 Å². The molecule has 1 aliphatic carbocycles. The Bertz CT molecular complexity index is 1010. The van der Waals surface area contributed by atoms with Gasteiger partial charge in [-0.2, -0.15) is 0 Å². The number of ether oxygens (including phenoxy) is 1. The van der Waals surface area contributed by atoms with E-state index >= 15 is 0 Å². The molecule has 1 aliphatic rings. The molecule has 0 atom stereocenters. The maximum Gasteiger partial charge on any atom is 0.512 e. The van der Waals surface area contributed by atoms with Crippen molar-refractivity contribution in [1.29, 1.82) is 0 Å². The van der Waals surface area contributed by atoms with E-state index in [9.17, 15) is 4.79 Å². The van der Waals surface area contributed by atoms with Crippen molar-refractivity contribution in [3.63, 3.8) is 0 Å². The van der Waals surface area contributed by atoms with Crippen molar-refractivity contribution in [1.82, 2.24) is 9.78 Å². The van der Waals surface area contributed by atoms with Crippen LogP contribution in [0.5, 0.6) is 5.88 Å². The summed E-state index contributed by atoms with van der Waals surface area (Å²) in [6, 6.07) is 6.88. The largest absolute Gasteiger partial charge is 0.512 e. The molecule has 2 heterocycles. The Morgan fingerprint density at radius 1 is 1.24 bits per heavy atom. The third-order valence-electron chi connectivity index (χ3n) is 3.90. The lowest BCUT2D eigenvalue weighted by molar-refractivity contribution is 0.142.